The molecule has 1 atom stereocenters. The van der Waals surface area contributed by atoms with Crippen LogP contribution in [0.5, 0.6) is 0 Å². The fraction of sp³-hybridized carbons (Fsp3) is 0.176. The van der Waals surface area contributed by atoms with E-state index in [1.807, 2.05) is 19.1 Å². The summed E-state index contributed by atoms with van der Waals surface area (Å²) in [5.74, 6) is -0.914. The van der Waals surface area contributed by atoms with Gasteiger partial charge in [-0.3, -0.25) is 4.79 Å². The number of esters is 1. The van der Waals surface area contributed by atoms with Crippen molar-refractivity contribution in [2.24, 2.45) is 0 Å². The van der Waals surface area contributed by atoms with Gasteiger partial charge in [0.05, 0.1) is 5.56 Å². The second-order valence-electron chi connectivity index (χ2n) is 5.01. The van der Waals surface area contributed by atoms with Crippen LogP contribution in [0.25, 0.3) is 0 Å². The standard InChI is InChI=1S/C17H16ClNO3/c1-10-3-5-12(6-4-10)16(20)11(2)22-17(21)14-8-7-13(18)9-15(14)19/h3-9,11H,19H2,1-2H3/t11-/m1/s1. The molecule has 0 saturated heterocycles. The van der Waals surface area contributed by atoms with Crippen molar-refractivity contribution in [3.8, 4) is 0 Å². The number of aryl methyl sites for hydroxylation is 1. The van der Waals surface area contributed by atoms with E-state index in [4.69, 9.17) is 22.1 Å². The minimum Gasteiger partial charge on any atom is -0.451 e. The van der Waals surface area contributed by atoms with Crippen LogP contribution in [-0.4, -0.2) is 17.9 Å². The van der Waals surface area contributed by atoms with E-state index in [2.05, 4.69) is 0 Å². The predicted molar refractivity (Wildman–Crippen MR) is 86.3 cm³/mol. The van der Waals surface area contributed by atoms with Crippen LogP contribution in [0.15, 0.2) is 42.5 Å². The quantitative estimate of drug-likeness (QED) is 0.531. The number of rotatable bonds is 4. The number of nitrogen functional groups attached to an aromatic ring is 1. The average molecular weight is 318 g/mol. The molecule has 0 spiro atoms. The lowest BCUT2D eigenvalue weighted by atomic mass is 10.1. The molecule has 2 aromatic carbocycles. The van der Waals surface area contributed by atoms with Crippen molar-refractivity contribution in [3.63, 3.8) is 0 Å². The summed E-state index contributed by atoms with van der Waals surface area (Å²) >= 11 is 5.78. The van der Waals surface area contributed by atoms with Crippen LogP contribution < -0.4 is 5.73 Å². The topological polar surface area (TPSA) is 69.4 Å². The lowest BCUT2D eigenvalue weighted by Gasteiger charge is -2.13. The first-order valence-electron chi connectivity index (χ1n) is 6.75. The second-order valence-corrected chi connectivity index (χ2v) is 5.45. The van der Waals surface area contributed by atoms with Gasteiger partial charge in [0, 0.05) is 16.3 Å². The van der Waals surface area contributed by atoms with Gasteiger partial charge in [-0.25, -0.2) is 4.79 Å². The molecule has 2 N–H and O–H groups in total. The fourth-order valence-electron chi connectivity index (χ4n) is 1.95. The highest BCUT2D eigenvalue weighted by Gasteiger charge is 2.21. The molecular weight excluding hydrogens is 302 g/mol. The zero-order chi connectivity index (χ0) is 16.3. The number of ketones is 1. The van der Waals surface area contributed by atoms with Crippen LogP contribution in [0, 0.1) is 6.92 Å². The molecule has 0 saturated carbocycles. The number of hydrogen-bond donors (Lipinski definition) is 1. The number of carbonyl (C=O) groups excluding carboxylic acids is 2. The number of Topliss-reactive ketones (excluding diaryl/α,β-unsaturated/α-hetero) is 1. The first-order chi connectivity index (χ1) is 10.4. The Morgan fingerprint density at radius 3 is 2.36 bits per heavy atom. The van der Waals surface area contributed by atoms with E-state index >= 15 is 0 Å². The monoisotopic (exact) mass is 317 g/mol. The van der Waals surface area contributed by atoms with E-state index in [-0.39, 0.29) is 17.0 Å². The molecule has 0 aromatic heterocycles. The first-order valence-corrected chi connectivity index (χ1v) is 7.13. The predicted octanol–water partition coefficient (Wildman–Crippen LogP) is 3.66. The molecule has 2 aromatic rings. The Kier molecular flexibility index (Phi) is 4.83. The van der Waals surface area contributed by atoms with Gasteiger partial charge in [-0.1, -0.05) is 41.4 Å². The number of ether oxygens (including phenoxy) is 1. The molecule has 0 fully saturated rings. The van der Waals surface area contributed by atoms with Crippen molar-refractivity contribution in [3.05, 3.63) is 64.2 Å². The van der Waals surface area contributed by atoms with Crippen LogP contribution in [0.1, 0.15) is 33.2 Å². The molecule has 0 amide bonds. The lowest BCUT2D eigenvalue weighted by molar-refractivity contribution is 0.0320. The van der Waals surface area contributed by atoms with E-state index < -0.39 is 12.1 Å². The average Bonchev–Trinajstić information content (AvgIpc) is 2.47. The maximum atomic E-state index is 12.2. The zero-order valence-electron chi connectivity index (χ0n) is 12.3. The molecule has 0 aliphatic rings. The SMILES string of the molecule is Cc1ccc(C(=O)[C@@H](C)OC(=O)c2ccc(Cl)cc2N)cc1. The van der Waals surface area contributed by atoms with Crippen LogP contribution in [-0.2, 0) is 4.74 Å². The van der Waals surface area contributed by atoms with Crippen molar-refractivity contribution in [2.45, 2.75) is 20.0 Å². The van der Waals surface area contributed by atoms with Gasteiger partial charge in [-0.15, -0.1) is 0 Å². The Morgan fingerprint density at radius 1 is 1.14 bits per heavy atom. The molecule has 0 unspecified atom stereocenters. The van der Waals surface area contributed by atoms with Crippen LogP contribution >= 0.6 is 11.6 Å². The minimum absolute atomic E-state index is 0.188. The molecule has 0 aliphatic heterocycles. The molecule has 0 bridgehead atoms. The summed E-state index contributed by atoms with van der Waals surface area (Å²) in [5, 5.41) is 0.429. The Labute approximate surface area is 133 Å². The van der Waals surface area contributed by atoms with Gasteiger partial charge in [0.15, 0.2) is 6.10 Å². The maximum Gasteiger partial charge on any atom is 0.340 e. The Balaban J connectivity index is 2.10. The maximum absolute atomic E-state index is 12.2. The summed E-state index contributed by atoms with van der Waals surface area (Å²) in [4.78, 5) is 24.3. The van der Waals surface area contributed by atoms with E-state index in [1.54, 1.807) is 18.2 Å². The smallest absolute Gasteiger partial charge is 0.340 e. The van der Waals surface area contributed by atoms with Crippen molar-refractivity contribution in [2.75, 3.05) is 5.73 Å². The molecule has 0 radical (unpaired) electrons. The van der Waals surface area contributed by atoms with Crippen molar-refractivity contribution >= 4 is 29.0 Å². The lowest BCUT2D eigenvalue weighted by Crippen LogP contribution is -2.24. The van der Waals surface area contributed by atoms with E-state index in [9.17, 15) is 9.59 Å². The molecule has 0 aliphatic carbocycles. The van der Waals surface area contributed by atoms with Gasteiger partial charge in [-0.05, 0) is 32.0 Å². The van der Waals surface area contributed by atoms with Gasteiger partial charge in [0.25, 0.3) is 0 Å². The molecule has 2 rings (SSSR count). The summed E-state index contributed by atoms with van der Waals surface area (Å²) in [5.41, 5.74) is 7.68. The molecule has 114 valence electrons. The Hall–Kier alpha value is -2.33. The van der Waals surface area contributed by atoms with E-state index in [0.717, 1.165) is 5.56 Å². The van der Waals surface area contributed by atoms with Gasteiger partial charge >= 0.3 is 5.97 Å². The number of halogens is 1. The summed E-state index contributed by atoms with van der Waals surface area (Å²) in [6, 6.07) is 11.6. The number of benzene rings is 2. The number of carbonyl (C=O) groups is 2. The van der Waals surface area contributed by atoms with E-state index in [1.165, 1.54) is 19.1 Å². The highest BCUT2D eigenvalue weighted by molar-refractivity contribution is 6.31. The minimum atomic E-state index is -0.898. The number of anilines is 1. The summed E-state index contributed by atoms with van der Waals surface area (Å²) in [7, 11) is 0. The number of hydrogen-bond acceptors (Lipinski definition) is 4. The van der Waals surface area contributed by atoms with Gasteiger partial charge in [-0.2, -0.15) is 0 Å². The zero-order valence-corrected chi connectivity index (χ0v) is 13.1. The van der Waals surface area contributed by atoms with E-state index in [0.29, 0.717) is 10.6 Å². The summed E-state index contributed by atoms with van der Waals surface area (Å²) in [6.45, 7) is 3.47. The van der Waals surface area contributed by atoms with Crippen LogP contribution in [0.4, 0.5) is 5.69 Å². The molecule has 22 heavy (non-hydrogen) atoms. The Bertz CT molecular complexity index is 710. The molecule has 5 heteroatoms. The third-order valence-corrected chi connectivity index (χ3v) is 3.46. The van der Waals surface area contributed by atoms with Gasteiger partial charge in [0.2, 0.25) is 5.78 Å². The summed E-state index contributed by atoms with van der Waals surface area (Å²) < 4.78 is 5.19. The normalized spacial score (nSPS) is 11.8. The molecular formula is C17H16ClNO3. The van der Waals surface area contributed by atoms with Crippen molar-refractivity contribution in [1.82, 2.24) is 0 Å². The van der Waals surface area contributed by atoms with Gasteiger partial charge < -0.3 is 10.5 Å². The summed E-state index contributed by atoms with van der Waals surface area (Å²) in [6.07, 6.45) is -0.898. The third-order valence-electron chi connectivity index (χ3n) is 3.22. The van der Waals surface area contributed by atoms with Gasteiger partial charge in [0.1, 0.15) is 0 Å². The van der Waals surface area contributed by atoms with Crippen LogP contribution in [0.2, 0.25) is 5.02 Å². The van der Waals surface area contributed by atoms with Crippen molar-refractivity contribution < 1.29 is 14.3 Å². The Morgan fingerprint density at radius 2 is 1.77 bits per heavy atom. The molecule has 4 nitrogen and oxygen atoms in total. The second kappa shape index (κ2) is 6.62. The highest BCUT2D eigenvalue weighted by atomic mass is 35.5. The van der Waals surface area contributed by atoms with Crippen LogP contribution in [0.3, 0.4) is 0 Å². The first kappa shape index (κ1) is 16.0. The largest absolute Gasteiger partial charge is 0.451 e. The molecule has 0 heterocycles. The number of nitrogens with two attached hydrogens (primary N) is 1. The van der Waals surface area contributed by atoms with Crippen molar-refractivity contribution in [1.29, 1.82) is 0 Å². The highest BCUT2D eigenvalue weighted by Crippen LogP contribution is 2.20. The third kappa shape index (κ3) is 3.65. The fourth-order valence-corrected chi connectivity index (χ4v) is 2.13.